The fourth-order valence-electron chi connectivity index (χ4n) is 3.37. The summed E-state index contributed by atoms with van der Waals surface area (Å²) in [7, 11) is 1.54. The lowest BCUT2D eigenvalue weighted by atomic mass is 9.80. The molecule has 3 rings (SSSR count). The molecule has 0 saturated carbocycles. The molecule has 0 spiro atoms. The van der Waals surface area contributed by atoms with Crippen molar-refractivity contribution in [3.8, 4) is 6.07 Å². The fraction of sp³-hybridized carbons (Fsp3) is 0.333. The van der Waals surface area contributed by atoms with Crippen molar-refractivity contribution < 1.29 is 18.8 Å². The van der Waals surface area contributed by atoms with Gasteiger partial charge in [-0.1, -0.05) is 17.3 Å². The Morgan fingerprint density at radius 1 is 1.28 bits per heavy atom. The molecule has 1 aliphatic heterocycles. The van der Waals surface area contributed by atoms with E-state index in [1.807, 2.05) is 19.9 Å². The Morgan fingerprint density at radius 2 is 2.07 bits per heavy atom. The number of aryl methyl sites for hydroxylation is 1. The van der Waals surface area contributed by atoms with Gasteiger partial charge in [-0.05, 0) is 38.5 Å². The summed E-state index contributed by atoms with van der Waals surface area (Å²) in [5.74, 6) is -0.199. The largest absolute Gasteiger partial charge is 0.460 e. The van der Waals surface area contributed by atoms with Crippen molar-refractivity contribution in [1.29, 1.82) is 5.26 Å². The first-order valence-corrected chi connectivity index (χ1v) is 9.11. The lowest BCUT2D eigenvalue weighted by Gasteiger charge is -2.30. The highest BCUT2D eigenvalue weighted by Crippen LogP contribution is 2.43. The second-order valence-electron chi connectivity index (χ2n) is 6.65. The third-order valence-corrected chi connectivity index (χ3v) is 4.61. The van der Waals surface area contributed by atoms with Crippen molar-refractivity contribution in [3.63, 3.8) is 0 Å². The summed E-state index contributed by atoms with van der Waals surface area (Å²) < 4.78 is 15.8. The molecular formula is C21H22N4O4. The van der Waals surface area contributed by atoms with E-state index in [9.17, 15) is 10.1 Å². The lowest BCUT2D eigenvalue weighted by Crippen LogP contribution is -2.29. The summed E-state index contributed by atoms with van der Waals surface area (Å²) in [5, 5.41) is 16.4. The van der Waals surface area contributed by atoms with Crippen LogP contribution in [0.1, 0.15) is 42.6 Å². The Labute approximate surface area is 168 Å². The van der Waals surface area contributed by atoms with Crippen molar-refractivity contribution in [2.24, 2.45) is 0 Å². The zero-order valence-corrected chi connectivity index (χ0v) is 16.8. The van der Waals surface area contributed by atoms with Gasteiger partial charge in [-0.15, -0.1) is 0 Å². The Kier molecular flexibility index (Phi) is 6.10. The van der Waals surface area contributed by atoms with Gasteiger partial charge in [0.1, 0.15) is 6.61 Å². The van der Waals surface area contributed by atoms with Crippen LogP contribution >= 0.6 is 0 Å². The minimum Gasteiger partial charge on any atom is -0.460 e. The number of methoxy groups -OCH3 is 1. The number of carbonyl (C=O) groups is 1. The molecular weight excluding hydrogens is 372 g/mol. The molecule has 8 heteroatoms. The number of hydrogen-bond donors (Lipinski definition) is 1. The Balaban J connectivity index is 2.14. The number of nitriles is 1. The van der Waals surface area contributed by atoms with Gasteiger partial charge in [-0.25, -0.2) is 4.79 Å². The van der Waals surface area contributed by atoms with Crippen LogP contribution in [0.15, 0.2) is 45.8 Å². The minimum absolute atomic E-state index is 0.134. The molecule has 1 aliphatic rings. The predicted molar refractivity (Wildman–Crippen MR) is 104 cm³/mol. The van der Waals surface area contributed by atoms with Crippen LogP contribution in [0.2, 0.25) is 0 Å². The Bertz CT molecular complexity index is 1030. The molecule has 1 N–H and O–H groups in total. The normalized spacial score (nSPS) is 16.4. The molecule has 1 unspecified atom stereocenters. The van der Waals surface area contributed by atoms with E-state index in [4.69, 9.17) is 14.0 Å². The quantitative estimate of drug-likeness (QED) is 0.588. The number of ether oxygens (including phenoxy) is 2. The minimum atomic E-state index is -0.528. The molecule has 0 aliphatic carbocycles. The SMILES string of the molecule is COCCOC(=O)C1=C(C)NC(C)=C(c2nc(C)no2)C1c1cccc(C#N)c1. The van der Waals surface area contributed by atoms with Gasteiger partial charge in [0.2, 0.25) is 0 Å². The number of dihydropyridines is 1. The highest BCUT2D eigenvalue weighted by atomic mass is 16.6. The molecule has 1 aromatic carbocycles. The zero-order chi connectivity index (χ0) is 21.0. The molecule has 0 fully saturated rings. The van der Waals surface area contributed by atoms with E-state index in [0.717, 1.165) is 11.3 Å². The first-order valence-electron chi connectivity index (χ1n) is 9.11. The van der Waals surface area contributed by atoms with E-state index in [-0.39, 0.29) is 6.61 Å². The van der Waals surface area contributed by atoms with Crippen molar-refractivity contribution in [2.45, 2.75) is 26.7 Å². The topological polar surface area (TPSA) is 110 Å². The third kappa shape index (κ3) is 4.20. The average molecular weight is 394 g/mol. The summed E-state index contributed by atoms with van der Waals surface area (Å²) >= 11 is 0. The molecule has 0 amide bonds. The van der Waals surface area contributed by atoms with E-state index in [1.54, 1.807) is 32.2 Å². The van der Waals surface area contributed by atoms with Crippen molar-refractivity contribution in [2.75, 3.05) is 20.3 Å². The zero-order valence-electron chi connectivity index (χ0n) is 16.8. The van der Waals surface area contributed by atoms with E-state index in [0.29, 0.717) is 40.7 Å². The second kappa shape index (κ2) is 8.71. The maximum Gasteiger partial charge on any atom is 0.336 e. The van der Waals surface area contributed by atoms with Crippen molar-refractivity contribution >= 4 is 11.5 Å². The van der Waals surface area contributed by atoms with Crippen LogP contribution in [0.5, 0.6) is 0 Å². The number of hydrogen-bond acceptors (Lipinski definition) is 8. The Hall–Kier alpha value is -3.44. The van der Waals surface area contributed by atoms with Crippen LogP contribution in [0.25, 0.3) is 5.57 Å². The second-order valence-corrected chi connectivity index (χ2v) is 6.65. The number of aromatic nitrogens is 2. The summed E-state index contributed by atoms with van der Waals surface area (Å²) in [6.45, 7) is 5.85. The number of esters is 1. The molecule has 2 heterocycles. The van der Waals surface area contributed by atoms with Gasteiger partial charge in [0.15, 0.2) is 5.82 Å². The number of benzene rings is 1. The molecule has 2 aromatic rings. The molecule has 1 atom stereocenters. The maximum absolute atomic E-state index is 13.0. The smallest absolute Gasteiger partial charge is 0.336 e. The van der Waals surface area contributed by atoms with Gasteiger partial charge in [0.05, 0.1) is 29.7 Å². The van der Waals surface area contributed by atoms with Crippen LogP contribution in [0, 0.1) is 18.3 Å². The molecule has 8 nitrogen and oxygen atoms in total. The van der Waals surface area contributed by atoms with Crippen LogP contribution in [-0.2, 0) is 14.3 Å². The molecule has 1 aromatic heterocycles. The van der Waals surface area contributed by atoms with E-state index < -0.39 is 11.9 Å². The van der Waals surface area contributed by atoms with Crippen LogP contribution in [-0.4, -0.2) is 36.4 Å². The van der Waals surface area contributed by atoms with Crippen molar-refractivity contribution in [3.05, 3.63) is 64.1 Å². The van der Waals surface area contributed by atoms with E-state index in [1.165, 1.54) is 0 Å². The summed E-state index contributed by atoms with van der Waals surface area (Å²) in [4.78, 5) is 17.3. The van der Waals surface area contributed by atoms with Gasteiger partial charge < -0.3 is 19.3 Å². The molecule has 150 valence electrons. The van der Waals surface area contributed by atoms with E-state index in [2.05, 4.69) is 21.5 Å². The molecule has 0 radical (unpaired) electrons. The van der Waals surface area contributed by atoms with Gasteiger partial charge in [0.25, 0.3) is 5.89 Å². The average Bonchev–Trinajstić information content (AvgIpc) is 3.13. The first-order chi connectivity index (χ1) is 14.0. The highest BCUT2D eigenvalue weighted by Gasteiger charge is 2.37. The van der Waals surface area contributed by atoms with Gasteiger partial charge in [0, 0.05) is 24.1 Å². The standard InChI is InChI=1S/C21H22N4O4/c1-12-17(20-24-14(3)25-29-20)19(16-7-5-6-15(10-16)11-22)18(13(2)23-12)21(26)28-9-8-27-4/h5-7,10,19,23H,8-9H2,1-4H3. The number of carbonyl (C=O) groups excluding carboxylic acids is 1. The van der Waals surface area contributed by atoms with Gasteiger partial charge in [-0.3, -0.25) is 0 Å². The number of rotatable bonds is 6. The highest BCUT2D eigenvalue weighted by molar-refractivity contribution is 5.96. The predicted octanol–water partition coefficient (Wildman–Crippen LogP) is 2.83. The first kappa shape index (κ1) is 20.3. The van der Waals surface area contributed by atoms with Crippen LogP contribution < -0.4 is 5.32 Å². The summed E-state index contributed by atoms with van der Waals surface area (Å²) in [6.07, 6.45) is 0. The Morgan fingerprint density at radius 3 is 2.72 bits per heavy atom. The molecule has 29 heavy (non-hydrogen) atoms. The van der Waals surface area contributed by atoms with Crippen molar-refractivity contribution in [1.82, 2.24) is 15.5 Å². The number of nitrogens with one attached hydrogen (secondary N) is 1. The van der Waals surface area contributed by atoms with Gasteiger partial charge >= 0.3 is 5.97 Å². The van der Waals surface area contributed by atoms with Crippen LogP contribution in [0.4, 0.5) is 0 Å². The number of allylic oxidation sites excluding steroid dienone is 3. The van der Waals surface area contributed by atoms with Crippen LogP contribution in [0.3, 0.4) is 0 Å². The molecule has 0 bridgehead atoms. The number of nitrogens with zero attached hydrogens (tertiary/aromatic N) is 3. The maximum atomic E-state index is 13.0. The summed E-state index contributed by atoms with van der Waals surface area (Å²) in [6, 6.07) is 9.25. The fourth-order valence-corrected chi connectivity index (χ4v) is 3.37. The summed E-state index contributed by atoms with van der Waals surface area (Å²) in [5.41, 5.74) is 3.79. The third-order valence-electron chi connectivity index (χ3n) is 4.61. The lowest BCUT2D eigenvalue weighted by molar-refractivity contribution is -0.140. The van der Waals surface area contributed by atoms with Gasteiger partial charge in [-0.2, -0.15) is 10.2 Å². The van der Waals surface area contributed by atoms with E-state index >= 15 is 0 Å². The monoisotopic (exact) mass is 394 g/mol. The molecule has 0 saturated heterocycles.